The first-order chi connectivity index (χ1) is 38.1. The van der Waals surface area contributed by atoms with E-state index < -0.39 is 5.41 Å². The molecular formula is C74H48N2O. The molecule has 0 unspecified atom stereocenters. The van der Waals surface area contributed by atoms with Gasteiger partial charge in [-0.1, -0.05) is 206 Å². The van der Waals surface area contributed by atoms with E-state index >= 15 is 4.79 Å². The molecule has 77 heavy (non-hydrogen) atoms. The topological polar surface area (TPSA) is 23.6 Å². The van der Waals surface area contributed by atoms with Crippen LogP contribution in [0.2, 0.25) is 0 Å². The first kappa shape index (κ1) is 44.4. The fourth-order valence-electron chi connectivity index (χ4n) is 13.0. The zero-order valence-corrected chi connectivity index (χ0v) is 42.0. The zero-order chi connectivity index (χ0) is 51.0. The van der Waals surface area contributed by atoms with Crippen molar-refractivity contribution in [3.8, 4) is 66.8 Å². The van der Waals surface area contributed by atoms with Crippen molar-refractivity contribution in [3.63, 3.8) is 0 Å². The maximum atomic E-state index is 15.7. The Hall–Kier alpha value is -10.1. The molecule has 0 aliphatic heterocycles. The van der Waals surface area contributed by atoms with Crippen molar-refractivity contribution in [2.24, 2.45) is 0 Å². The molecule has 0 saturated carbocycles. The minimum atomic E-state index is -0.559. The lowest BCUT2D eigenvalue weighted by molar-refractivity contribution is 0.103. The molecule has 3 heteroatoms. The van der Waals surface area contributed by atoms with E-state index in [4.69, 9.17) is 0 Å². The minimum Gasteiger partial charge on any atom is -0.310 e. The van der Waals surface area contributed by atoms with Crippen LogP contribution in [-0.2, 0) is 5.41 Å². The van der Waals surface area contributed by atoms with Crippen LogP contribution in [0.15, 0.2) is 291 Å². The van der Waals surface area contributed by atoms with Crippen molar-refractivity contribution in [1.29, 1.82) is 0 Å². The lowest BCUT2D eigenvalue weighted by atomic mass is 9.70. The lowest BCUT2D eigenvalue weighted by Crippen LogP contribution is -2.26. The number of anilines is 6. The Morgan fingerprint density at radius 1 is 0.221 bits per heavy atom. The number of carbonyl (C=O) groups excluding carboxylic acids is 1. The van der Waals surface area contributed by atoms with E-state index in [0.29, 0.717) is 11.1 Å². The van der Waals surface area contributed by atoms with E-state index in [2.05, 4.69) is 289 Å². The van der Waals surface area contributed by atoms with Gasteiger partial charge in [-0.2, -0.15) is 0 Å². The van der Waals surface area contributed by atoms with Gasteiger partial charge < -0.3 is 9.80 Å². The predicted molar refractivity (Wildman–Crippen MR) is 317 cm³/mol. The second-order valence-corrected chi connectivity index (χ2v) is 20.3. The van der Waals surface area contributed by atoms with Gasteiger partial charge in [-0.05, 0) is 174 Å². The van der Waals surface area contributed by atoms with Crippen LogP contribution in [0.5, 0.6) is 0 Å². The predicted octanol–water partition coefficient (Wildman–Crippen LogP) is 19.2. The third-order valence-corrected chi connectivity index (χ3v) is 16.2. The number of para-hydroxylation sites is 4. The Balaban J connectivity index is 0.941. The summed E-state index contributed by atoms with van der Waals surface area (Å²) in [6.45, 7) is 0. The van der Waals surface area contributed by atoms with Crippen molar-refractivity contribution in [2.45, 2.75) is 5.41 Å². The fourth-order valence-corrected chi connectivity index (χ4v) is 13.0. The molecule has 3 aliphatic rings. The largest absolute Gasteiger partial charge is 0.310 e. The van der Waals surface area contributed by atoms with Crippen LogP contribution in [0, 0.1) is 0 Å². The molecular weight excluding hydrogens is 933 g/mol. The van der Waals surface area contributed by atoms with E-state index in [1.54, 1.807) is 0 Å². The third kappa shape index (κ3) is 6.87. The van der Waals surface area contributed by atoms with E-state index in [9.17, 15) is 0 Å². The number of nitrogens with zero attached hydrogens (tertiary/aromatic N) is 2. The molecule has 0 saturated heterocycles. The molecule has 12 aromatic rings. The van der Waals surface area contributed by atoms with Crippen molar-refractivity contribution in [2.75, 3.05) is 9.80 Å². The van der Waals surface area contributed by atoms with E-state index in [1.165, 1.54) is 38.9 Å². The average Bonchev–Trinajstić information content (AvgIpc) is 4.10. The minimum absolute atomic E-state index is 0.0172. The molecule has 0 radical (unpaired) electrons. The van der Waals surface area contributed by atoms with Gasteiger partial charge in [-0.15, -0.1) is 0 Å². The van der Waals surface area contributed by atoms with Gasteiger partial charge in [-0.25, -0.2) is 0 Å². The molecule has 0 fully saturated rings. The summed E-state index contributed by atoms with van der Waals surface area (Å²) in [5.74, 6) is -0.0172. The first-order valence-corrected chi connectivity index (χ1v) is 26.5. The molecule has 360 valence electrons. The van der Waals surface area contributed by atoms with Gasteiger partial charge in [0.1, 0.15) is 0 Å². The summed E-state index contributed by atoms with van der Waals surface area (Å²) in [5.41, 5.74) is 25.4. The zero-order valence-electron chi connectivity index (χ0n) is 42.0. The quantitative estimate of drug-likeness (QED) is 0.142. The van der Waals surface area contributed by atoms with Crippen LogP contribution in [0.4, 0.5) is 34.1 Å². The smallest absolute Gasteiger partial charge is 0.193 e. The summed E-state index contributed by atoms with van der Waals surface area (Å²) in [6, 6.07) is 104. The van der Waals surface area contributed by atoms with E-state index in [0.717, 1.165) is 84.2 Å². The molecule has 0 N–H and O–H groups in total. The van der Waals surface area contributed by atoms with Crippen LogP contribution in [0.1, 0.15) is 38.2 Å². The van der Waals surface area contributed by atoms with Gasteiger partial charge in [0.05, 0.1) is 5.41 Å². The standard InChI is InChI=1S/C74H48N2O/c77-73(50-38-42-65-64-33-17-20-36-71(64)74(72(65)46-50)69-34-18-15-31-62(69)63-32-16-19-35-70(63)74)49-37-41-59-57-29-13-14-30-58(57)67-47-55(75(51-21-5-1-6-22-51)52-23-7-2-8-24-52)39-43-60(67)61-44-40-56(48-68(61)66(59)45-49)76(53-25-9-3-10-26-53)54-27-11-4-12-28-54/h1-48H. The molecule has 12 aromatic carbocycles. The van der Waals surface area contributed by atoms with Crippen molar-refractivity contribution >= 4 is 39.9 Å². The third-order valence-electron chi connectivity index (χ3n) is 16.2. The Kier molecular flexibility index (Phi) is 10.3. The normalized spacial score (nSPS) is 12.6. The highest BCUT2D eigenvalue weighted by Gasteiger charge is 2.51. The molecule has 0 bridgehead atoms. The second-order valence-electron chi connectivity index (χ2n) is 20.3. The van der Waals surface area contributed by atoms with E-state index in [-0.39, 0.29) is 5.78 Å². The second kappa shape index (κ2) is 17.8. The molecule has 0 amide bonds. The fraction of sp³-hybridized carbons (Fsp3) is 0.0135. The maximum Gasteiger partial charge on any atom is 0.193 e. The molecule has 3 aliphatic carbocycles. The van der Waals surface area contributed by atoms with Gasteiger partial charge in [0, 0.05) is 45.3 Å². The SMILES string of the molecule is O=C(c1ccc2c(c1)-c1cc(N(c3ccccc3)c3ccccc3)ccc1-c1ccc(N(c3ccccc3)c3ccccc3)cc1-c1ccccc1-2)c1ccc2c(c1)C1(c3ccccc3-c3ccccc31)c1ccccc1-2. The molecule has 0 atom stereocenters. The number of carbonyl (C=O) groups is 1. The van der Waals surface area contributed by atoms with Gasteiger partial charge in [0.2, 0.25) is 0 Å². The summed E-state index contributed by atoms with van der Waals surface area (Å²) in [5, 5.41) is 0. The van der Waals surface area contributed by atoms with E-state index in [1.807, 2.05) is 12.1 Å². The first-order valence-electron chi connectivity index (χ1n) is 26.5. The average molecular weight is 981 g/mol. The van der Waals surface area contributed by atoms with Crippen LogP contribution in [0.3, 0.4) is 0 Å². The lowest BCUT2D eigenvalue weighted by Gasteiger charge is -2.30. The highest BCUT2D eigenvalue weighted by Crippen LogP contribution is 2.63. The van der Waals surface area contributed by atoms with Gasteiger partial charge in [0.15, 0.2) is 5.78 Å². The van der Waals surface area contributed by atoms with Crippen LogP contribution < -0.4 is 9.80 Å². The Morgan fingerprint density at radius 2 is 0.506 bits per heavy atom. The number of ketones is 1. The maximum absolute atomic E-state index is 15.7. The van der Waals surface area contributed by atoms with Crippen LogP contribution >= 0.6 is 0 Å². The molecule has 0 heterocycles. The van der Waals surface area contributed by atoms with Crippen LogP contribution in [-0.4, -0.2) is 5.78 Å². The Morgan fingerprint density at radius 3 is 0.935 bits per heavy atom. The summed E-state index contributed by atoms with van der Waals surface area (Å²) < 4.78 is 0. The summed E-state index contributed by atoms with van der Waals surface area (Å²) >= 11 is 0. The number of benzene rings is 12. The highest BCUT2D eigenvalue weighted by molar-refractivity contribution is 6.13. The van der Waals surface area contributed by atoms with Gasteiger partial charge in [-0.3, -0.25) is 4.79 Å². The number of hydrogen-bond acceptors (Lipinski definition) is 3. The van der Waals surface area contributed by atoms with Crippen molar-refractivity contribution in [1.82, 2.24) is 0 Å². The number of hydrogen-bond donors (Lipinski definition) is 0. The number of rotatable bonds is 8. The summed E-state index contributed by atoms with van der Waals surface area (Å²) in [7, 11) is 0. The monoisotopic (exact) mass is 980 g/mol. The Labute approximate surface area is 448 Å². The van der Waals surface area contributed by atoms with Crippen molar-refractivity contribution < 1.29 is 4.79 Å². The summed E-state index contributed by atoms with van der Waals surface area (Å²) in [4.78, 5) is 20.3. The van der Waals surface area contributed by atoms with Gasteiger partial charge >= 0.3 is 0 Å². The van der Waals surface area contributed by atoms with Crippen molar-refractivity contribution in [3.05, 3.63) is 325 Å². The molecule has 1 spiro atoms. The number of fused-ring (bicyclic) bond motifs is 18. The van der Waals surface area contributed by atoms with Gasteiger partial charge in [0.25, 0.3) is 0 Å². The molecule has 0 aromatic heterocycles. The molecule has 3 nitrogen and oxygen atoms in total. The van der Waals surface area contributed by atoms with Crippen LogP contribution in [0.25, 0.3) is 66.8 Å². The highest BCUT2D eigenvalue weighted by atomic mass is 16.1. The molecule has 15 rings (SSSR count). The summed E-state index contributed by atoms with van der Waals surface area (Å²) in [6.07, 6.45) is 0. The Bertz CT molecular complexity index is 4160.